The first-order valence-corrected chi connectivity index (χ1v) is 11.6. The minimum absolute atomic E-state index is 0. The van der Waals surface area contributed by atoms with Gasteiger partial charge in [-0.1, -0.05) is 64.8 Å². The van der Waals surface area contributed by atoms with Crippen molar-refractivity contribution in [2.45, 2.75) is 107 Å². The molecule has 2 rings (SSSR count). The minimum Gasteiger partial charge on any atom is -0.303 e. The molecule has 0 amide bonds. The van der Waals surface area contributed by atoms with Gasteiger partial charge in [-0.15, -0.1) is 0 Å². The Bertz CT molecular complexity index is 414. The van der Waals surface area contributed by atoms with E-state index in [4.69, 9.17) is 0 Å². The van der Waals surface area contributed by atoms with Crippen LogP contribution in [0, 0.1) is 17.8 Å². The van der Waals surface area contributed by atoms with E-state index in [0.717, 1.165) is 17.8 Å². The van der Waals surface area contributed by atoms with Crippen molar-refractivity contribution in [3.05, 3.63) is 23.3 Å². The van der Waals surface area contributed by atoms with Crippen LogP contribution in [0.4, 0.5) is 0 Å². The van der Waals surface area contributed by atoms with Gasteiger partial charge in [-0.25, -0.2) is 0 Å². The molecule has 1 heterocycles. The van der Waals surface area contributed by atoms with E-state index in [1.165, 1.54) is 77.4 Å². The molecule has 0 saturated carbocycles. The van der Waals surface area contributed by atoms with E-state index in [0.29, 0.717) is 0 Å². The molecular weight excluding hydrogens is 326 g/mol. The van der Waals surface area contributed by atoms with E-state index in [1.807, 2.05) is 13.8 Å². The van der Waals surface area contributed by atoms with Gasteiger partial charge in [0.05, 0.1) is 0 Å². The largest absolute Gasteiger partial charge is 0.303 e. The topological polar surface area (TPSA) is 3.24 Å². The molecule has 1 aliphatic carbocycles. The molecule has 0 aromatic rings. The molecule has 1 heteroatoms. The van der Waals surface area contributed by atoms with Crippen molar-refractivity contribution in [3.63, 3.8) is 0 Å². The Hall–Kier alpha value is -0.560. The zero-order chi connectivity index (χ0) is 19.4. The Morgan fingerprint density at radius 1 is 1.15 bits per heavy atom. The van der Waals surface area contributed by atoms with Crippen LogP contribution >= 0.6 is 0 Å². The fourth-order valence-corrected chi connectivity index (χ4v) is 4.68. The molecule has 0 N–H and O–H groups in total. The third-order valence-corrected chi connectivity index (χ3v) is 6.44. The number of allylic oxidation sites excluding steroid dienone is 4. The van der Waals surface area contributed by atoms with Crippen LogP contribution < -0.4 is 0 Å². The van der Waals surface area contributed by atoms with Gasteiger partial charge in [0, 0.05) is 6.54 Å². The van der Waals surface area contributed by atoms with E-state index in [1.54, 1.807) is 11.1 Å². The second-order valence-electron chi connectivity index (χ2n) is 8.63. The predicted molar refractivity (Wildman–Crippen MR) is 125 cm³/mol. The molecule has 0 radical (unpaired) electrons. The average Bonchev–Trinajstić information content (AvgIpc) is 2.66. The molecule has 1 aliphatic heterocycles. The summed E-state index contributed by atoms with van der Waals surface area (Å²) in [6.07, 6.45) is 17.2. The summed E-state index contributed by atoms with van der Waals surface area (Å²) >= 11 is 0. The van der Waals surface area contributed by atoms with Crippen molar-refractivity contribution in [2.24, 2.45) is 17.8 Å². The lowest BCUT2D eigenvalue weighted by molar-refractivity contribution is 0.172. The summed E-state index contributed by atoms with van der Waals surface area (Å²) in [5, 5.41) is 0. The summed E-state index contributed by atoms with van der Waals surface area (Å²) in [5.41, 5.74) is 3.51. The van der Waals surface area contributed by atoms with Crippen molar-refractivity contribution in [3.8, 4) is 0 Å². The number of rotatable bonds is 8. The molecular formula is C26H51N. The van der Waals surface area contributed by atoms with E-state index in [9.17, 15) is 0 Å². The second-order valence-corrected chi connectivity index (χ2v) is 8.63. The molecule has 0 aromatic heterocycles. The molecule has 0 aromatic carbocycles. The van der Waals surface area contributed by atoms with Gasteiger partial charge in [0.1, 0.15) is 0 Å². The maximum absolute atomic E-state index is 2.74. The van der Waals surface area contributed by atoms with Crippen LogP contribution in [0.5, 0.6) is 0 Å². The van der Waals surface area contributed by atoms with Crippen LogP contribution in [0.2, 0.25) is 0 Å². The van der Waals surface area contributed by atoms with Gasteiger partial charge in [-0.2, -0.15) is 0 Å². The molecule has 1 saturated heterocycles. The van der Waals surface area contributed by atoms with Gasteiger partial charge >= 0.3 is 0 Å². The summed E-state index contributed by atoms with van der Waals surface area (Å²) in [7, 11) is 0. The van der Waals surface area contributed by atoms with Crippen molar-refractivity contribution in [1.29, 1.82) is 0 Å². The fourth-order valence-electron chi connectivity index (χ4n) is 4.68. The second kappa shape index (κ2) is 15.4. The smallest absolute Gasteiger partial charge is 0.00152 e. The van der Waals surface area contributed by atoms with Crippen LogP contribution in [-0.2, 0) is 0 Å². The summed E-state index contributed by atoms with van der Waals surface area (Å²) in [6, 6.07) is 0. The highest BCUT2D eigenvalue weighted by Crippen LogP contribution is 2.33. The molecule has 160 valence electrons. The Morgan fingerprint density at radius 3 is 2.44 bits per heavy atom. The first kappa shape index (κ1) is 26.4. The Kier molecular flexibility index (Phi) is 15.1. The summed E-state index contributed by atoms with van der Waals surface area (Å²) in [6.45, 7) is 17.4. The molecule has 1 nitrogen and oxygen atoms in total. The third kappa shape index (κ3) is 9.97. The summed E-state index contributed by atoms with van der Waals surface area (Å²) in [5.74, 6) is 2.47. The number of likely N-dealkylation sites (tertiary alicyclic amines) is 1. The zero-order valence-corrected chi connectivity index (χ0v) is 18.8. The first-order valence-electron chi connectivity index (χ1n) is 11.6. The van der Waals surface area contributed by atoms with Crippen molar-refractivity contribution in [1.82, 2.24) is 4.90 Å². The van der Waals surface area contributed by atoms with Crippen LogP contribution in [0.15, 0.2) is 23.3 Å². The van der Waals surface area contributed by atoms with Gasteiger partial charge in [-0.3, -0.25) is 0 Å². The molecule has 2 aliphatic rings. The highest BCUT2D eigenvalue weighted by atomic mass is 15.1. The van der Waals surface area contributed by atoms with Gasteiger partial charge in [0.15, 0.2) is 0 Å². The average molecular weight is 378 g/mol. The Morgan fingerprint density at radius 2 is 1.81 bits per heavy atom. The summed E-state index contributed by atoms with van der Waals surface area (Å²) in [4.78, 5) is 2.74. The molecule has 0 bridgehead atoms. The standard InChI is InChI=1S/C23H41N.C2H6.CH4/c1-5-10-20(3)23(18-24-15-7-6-8-16-24)12-9-11-22-17-19(2)13-14-21(22)4;1-2;/h5,10,19-20,23H,6-9,11-18H2,1-4H3;1-2H3;1H4/b10-5-;;/t19?,20-,23?;;/m1../s1. The summed E-state index contributed by atoms with van der Waals surface area (Å²) < 4.78 is 0. The van der Waals surface area contributed by atoms with Crippen molar-refractivity contribution in [2.75, 3.05) is 19.6 Å². The van der Waals surface area contributed by atoms with Crippen molar-refractivity contribution >= 4 is 0 Å². The lowest BCUT2D eigenvalue weighted by atomic mass is 9.82. The van der Waals surface area contributed by atoms with Gasteiger partial charge < -0.3 is 4.90 Å². The number of piperidine rings is 1. The molecule has 27 heavy (non-hydrogen) atoms. The maximum Gasteiger partial charge on any atom is 0.00152 e. The maximum atomic E-state index is 2.74. The van der Waals surface area contributed by atoms with Gasteiger partial charge in [-0.05, 0) is 96.1 Å². The number of nitrogens with zero attached hydrogens (tertiary/aromatic N) is 1. The normalized spacial score (nSPS) is 23.4. The van der Waals surface area contributed by atoms with Gasteiger partial charge in [0.2, 0.25) is 0 Å². The Balaban J connectivity index is 0.00000218. The quantitative estimate of drug-likeness (QED) is 0.385. The van der Waals surface area contributed by atoms with E-state index >= 15 is 0 Å². The lowest BCUT2D eigenvalue weighted by Crippen LogP contribution is -2.36. The highest BCUT2D eigenvalue weighted by Gasteiger charge is 2.21. The Labute approximate surface area is 172 Å². The molecule has 2 unspecified atom stereocenters. The first-order chi connectivity index (χ1) is 12.6. The monoisotopic (exact) mass is 377 g/mol. The molecule has 1 fully saturated rings. The van der Waals surface area contributed by atoms with Crippen LogP contribution in [0.25, 0.3) is 0 Å². The van der Waals surface area contributed by atoms with E-state index in [-0.39, 0.29) is 7.43 Å². The molecule has 0 spiro atoms. The van der Waals surface area contributed by atoms with Crippen LogP contribution in [0.1, 0.15) is 107 Å². The zero-order valence-electron chi connectivity index (χ0n) is 18.8. The lowest BCUT2D eigenvalue weighted by Gasteiger charge is -2.33. The third-order valence-electron chi connectivity index (χ3n) is 6.44. The molecule has 3 atom stereocenters. The fraction of sp³-hybridized carbons (Fsp3) is 0.846. The minimum atomic E-state index is 0. The SMILES string of the molecule is C.C/C=C\[C@@H](C)C(CCCC1=C(C)CCC(C)C1)CN1CCCCC1.CC. The highest BCUT2D eigenvalue weighted by molar-refractivity contribution is 5.15. The van der Waals surface area contributed by atoms with Crippen LogP contribution in [-0.4, -0.2) is 24.5 Å². The van der Waals surface area contributed by atoms with Gasteiger partial charge in [0.25, 0.3) is 0 Å². The predicted octanol–water partition coefficient (Wildman–Crippen LogP) is 8.27. The number of hydrogen-bond donors (Lipinski definition) is 0. The van der Waals surface area contributed by atoms with Crippen LogP contribution in [0.3, 0.4) is 0 Å². The van der Waals surface area contributed by atoms with E-state index in [2.05, 4.69) is 44.7 Å². The van der Waals surface area contributed by atoms with Crippen molar-refractivity contribution < 1.29 is 0 Å². The van der Waals surface area contributed by atoms with E-state index < -0.39 is 0 Å². The number of hydrogen-bond acceptors (Lipinski definition) is 1.